The van der Waals surface area contributed by atoms with Crippen molar-refractivity contribution in [3.8, 4) is 0 Å². The van der Waals surface area contributed by atoms with E-state index in [-0.39, 0.29) is 19.4 Å². The molecule has 0 spiro atoms. The first-order chi connectivity index (χ1) is 8.99. The fraction of sp³-hybridized carbons (Fsp3) is 0.333. The van der Waals surface area contributed by atoms with Crippen LogP contribution in [0.2, 0.25) is 0 Å². The molecule has 0 fully saturated rings. The van der Waals surface area contributed by atoms with E-state index in [9.17, 15) is 13.2 Å². The lowest BCUT2D eigenvalue weighted by atomic mass is 10.1. The zero-order valence-electron chi connectivity index (χ0n) is 9.81. The molecule has 0 saturated heterocycles. The van der Waals surface area contributed by atoms with Crippen molar-refractivity contribution in [1.29, 1.82) is 0 Å². The van der Waals surface area contributed by atoms with Crippen molar-refractivity contribution in [3.63, 3.8) is 0 Å². The third-order valence-electron chi connectivity index (χ3n) is 2.48. The summed E-state index contributed by atoms with van der Waals surface area (Å²) in [7, 11) is 0. The molecule has 0 aliphatic rings. The van der Waals surface area contributed by atoms with Crippen LogP contribution in [0.1, 0.15) is 22.8 Å². The first-order valence-corrected chi connectivity index (χ1v) is 5.57. The molecule has 1 heterocycles. The van der Waals surface area contributed by atoms with Gasteiger partial charge in [0.1, 0.15) is 0 Å². The Morgan fingerprint density at radius 2 is 1.84 bits per heavy atom. The van der Waals surface area contributed by atoms with E-state index in [0.29, 0.717) is 17.3 Å². The Morgan fingerprint density at radius 3 is 2.42 bits per heavy atom. The van der Waals surface area contributed by atoms with Gasteiger partial charge in [-0.3, -0.25) is 0 Å². The molecular weight excluding hydrogens is 261 g/mol. The molecule has 4 nitrogen and oxygen atoms in total. The molecule has 7 heteroatoms. The van der Waals surface area contributed by atoms with E-state index < -0.39 is 11.7 Å². The molecule has 0 bridgehead atoms. The molecule has 0 amide bonds. The van der Waals surface area contributed by atoms with Gasteiger partial charge in [0.2, 0.25) is 5.89 Å². The average molecular weight is 272 g/mol. The van der Waals surface area contributed by atoms with E-state index in [1.54, 1.807) is 0 Å². The Hall–Kier alpha value is -1.89. The second-order valence-electron chi connectivity index (χ2n) is 3.95. The predicted octanol–water partition coefficient (Wildman–Crippen LogP) is 2.21. The van der Waals surface area contributed by atoms with E-state index >= 15 is 0 Å². The van der Waals surface area contributed by atoms with Crippen LogP contribution in [0.15, 0.2) is 28.8 Å². The number of nitrogens with zero attached hydrogens (tertiary/aromatic N) is 2. The van der Waals surface area contributed by atoms with Gasteiger partial charge in [-0.2, -0.15) is 18.2 Å². The van der Waals surface area contributed by atoms with Gasteiger partial charge < -0.3 is 9.63 Å². The summed E-state index contributed by atoms with van der Waals surface area (Å²) in [4.78, 5) is 4.01. The lowest BCUT2D eigenvalue weighted by molar-refractivity contribution is -0.137. The Bertz CT molecular complexity index is 535. The molecule has 102 valence electrons. The monoisotopic (exact) mass is 272 g/mol. The van der Waals surface area contributed by atoms with Gasteiger partial charge in [-0.25, -0.2) is 0 Å². The molecule has 1 N–H and O–H groups in total. The first kappa shape index (κ1) is 13.5. The highest BCUT2D eigenvalue weighted by Gasteiger charge is 2.29. The van der Waals surface area contributed by atoms with Gasteiger partial charge in [-0.05, 0) is 17.7 Å². The van der Waals surface area contributed by atoms with Gasteiger partial charge in [0.15, 0.2) is 5.82 Å². The van der Waals surface area contributed by atoms with Crippen LogP contribution >= 0.6 is 0 Å². The third-order valence-corrected chi connectivity index (χ3v) is 2.48. The number of hydrogen-bond donors (Lipinski definition) is 1. The number of hydrogen-bond acceptors (Lipinski definition) is 4. The number of aliphatic hydroxyl groups is 1. The second kappa shape index (κ2) is 5.40. The highest BCUT2D eigenvalue weighted by atomic mass is 19.4. The van der Waals surface area contributed by atoms with E-state index in [4.69, 9.17) is 9.63 Å². The summed E-state index contributed by atoms with van der Waals surface area (Å²) in [5.74, 6) is 0.688. The maximum atomic E-state index is 12.4. The molecule has 1 aromatic heterocycles. The topological polar surface area (TPSA) is 59.2 Å². The van der Waals surface area contributed by atoms with Crippen LogP contribution in [0.25, 0.3) is 0 Å². The number of alkyl halides is 3. The summed E-state index contributed by atoms with van der Waals surface area (Å²) < 4.78 is 42.0. The Balaban J connectivity index is 2.06. The van der Waals surface area contributed by atoms with Gasteiger partial charge >= 0.3 is 6.18 Å². The normalized spacial score (nSPS) is 11.8. The van der Waals surface area contributed by atoms with Gasteiger partial charge in [0, 0.05) is 6.42 Å². The van der Waals surface area contributed by atoms with E-state index in [1.165, 1.54) is 12.1 Å². The van der Waals surface area contributed by atoms with Crippen LogP contribution in [0.3, 0.4) is 0 Å². The maximum absolute atomic E-state index is 12.4. The zero-order chi connectivity index (χ0) is 13.9. The first-order valence-electron chi connectivity index (χ1n) is 5.57. The highest BCUT2D eigenvalue weighted by molar-refractivity contribution is 5.26. The zero-order valence-corrected chi connectivity index (χ0v) is 9.81. The highest BCUT2D eigenvalue weighted by Crippen LogP contribution is 2.29. The summed E-state index contributed by atoms with van der Waals surface area (Å²) in [6.45, 7) is -0.0841. The van der Waals surface area contributed by atoms with Crippen molar-refractivity contribution in [3.05, 3.63) is 47.1 Å². The molecule has 2 aromatic rings. The standard InChI is InChI=1S/C12H11F3N2O2/c13-12(14,15)9-3-1-8(2-4-9)7-11-16-10(5-6-18)17-19-11/h1-4,18H,5-7H2. The molecule has 0 radical (unpaired) electrons. The molecule has 1 aromatic carbocycles. The molecule has 0 saturated carbocycles. The molecule has 19 heavy (non-hydrogen) atoms. The van der Waals surface area contributed by atoms with Crippen LogP contribution < -0.4 is 0 Å². The van der Waals surface area contributed by atoms with Crippen LogP contribution in [-0.4, -0.2) is 21.9 Å². The smallest absolute Gasteiger partial charge is 0.396 e. The van der Waals surface area contributed by atoms with E-state index in [1.807, 2.05) is 0 Å². The van der Waals surface area contributed by atoms with Crippen molar-refractivity contribution in [2.24, 2.45) is 0 Å². The largest absolute Gasteiger partial charge is 0.416 e. The van der Waals surface area contributed by atoms with Gasteiger partial charge in [-0.15, -0.1) is 0 Å². The second-order valence-corrected chi connectivity index (χ2v) is 3.95. The summed E-state index contributed by atoms with van der Waals surface area (Å²) in [5.41, 5.74) is -0.0463. The van der Waals surface area contributed by atoms with Crippen molar-refractivity contribution in [2.75, 3.05) is 6.61 Å². The number of rotatable bonds is 4. The fourth-order valence-corrected chi connectivity index (χ4v) is 1.55. The van der Waals surface area contributed by atoms with Crippen LogP contribution in [0, 0.1) is 0 Å². The Morgan fingerprint density at radius 1 is 1.16 bits per heavy atom. The number of benzene rings is 1. The molecule has 0 aliphatic carbocycles. The fourth-order valence-electron chi connectivity index (χ4n) is 1.55. The average Bonchev–Trinajstić information content (AvgIpc) is 2.77. The molecule has 0 unspecified atom stereocenters. The number of aromatic nitrogens is 2. The van der Waals surface area contributed by atoms with Gasteiger partial charge in [-0.1, -0.05) is 17.3 Å². The molecular formula is C12H11F3N2O2. The predicted molar refractivity (Wildman–Crippen MR) is 59.3 cm³/mol. The van der Waals surface area contributed by atoms with Crippen LogP contribution in [0.5, 0.6) is 0 Å². The molecule has 0 aliphatic heterocycles. The van der Waals surface area contributed by atoms with Crippen molar-refractivity contribution < 1.29 is 22.8 Å². The van der Waals surface area contributed by atoms with Crippen LogP contribution in [-0.2, 0) is 19.0 Å². The number of halogens is 3. The summed E-state index contributed by atoms with van der Waals surface area (Å²) in [6.07, 6.45) is -3.79. The summed E-state index contributed by atoms with van der Waals surface area (Å²) in [5, 5.41) is 12.3. The maximum Gasteiger partial charge on any atom is 0.416 e. The van der Waals surface area contributed by atoms with Crippen molar-refractivity contribution >= 4 is 0 Å². The Kier molecular flexibility index (Phi) is 3.84. The van der Waals surface area contributed by atoms with Crippen molar-refractivity contribution in [1.82, 2.24) is 10.1 Å². The minimum atomic E-state index is -4.34. The van der Waals surface area contributed by atoms with Gasteiger partial charge in [0.25, 0.3) is 0 Å². The summed E-state index contributed by atoms with van der Waals surface area (Å²) in [6, 6.07) is 4.78. The third kappa shape index (κ3) is 3.54. The van der Waals surface area contributed by atoms with E-state index in [2.05, 4.69) is 10.1 Å². The quantitative estimate of drug-likeness (QED) is 0.927. The van der Waals surface area contributed by atoms with E-state index in [0.717, 1.165) is 12.1 Å². The lowest BCUT2D eigenvalue weighted by Gasteiger charge is -2.06. The Labute approximate surface area is 106 Å². The minimum Gasteiger partial charge on any atom is -0.396 e. The minimum absolute atomic E-state index is 0.0841. The number of aliphatic hydroxyl groups excluding tert-OH is 1. The van der Waals surface area contributed by atoms with Crippen LogP contribution in [0.4, 0.5) is 13.2 Å². The van der Waals surface area contributed by atoms with Gasteiger partial charge in [0.05, 0.1) is 18.6 Å². The van der Waals surface area contributed by atoms with Crippen molar-refractivity contribution in [2.45, 2.75) is 19.0 Å². The lowest BCUT2D eigenvalue weighted by Crippen LogP contribution is -2.04. The molecule has 2 rings (SSSR count). The summed E-state index contributed by atoms with van der Waals surface area (Å²) >= 11 is 0. The SMILES string of the molecule is OCCc1noc(Cc2ccc(C(F)(F)F)cc2)n1. The molecule has 0 atom stereocenters.